The van der Waals surface area contributed by atoms with E-state index in [2.05, 4.69) is 41.2 Å². The van der Waals surface area contributed by atoms with Crippen molar-refractivity contribution in [1.82, 2.24) is 10.2 Å². The lowest BCUT2D eigenvalue weighted by Gasteiger charge is -2.33. The maximum atomic E-state index is 14.2. The predicted octanol–water partition coefficient (Wildman–Crippen LogP) is 5.52. The minimum absolute atomic E-state index is 0. The van der Waals surface area contributed by atoms with Crippen molar-refractivity contribution in [3.05, 3.63) is 58.9 Å². The summed E-state index contributed by atoms with van der Waals surface area (Å²) in [6.45, 7) is 7.74. The molecule has 29 heavy (non-hydrogen) atoms. The Morgan fingerprint density at radius 1 is 1.17 bits per heavy atom. The van der Waals surface area contributed by atoms with E-state index in [1.54, 1.807) is 6.07 Å². The van der Waals surface area contributed by atoms with Crippen LogP contribution >= 0.6 is 0 Å². The van der Waals surface area contributed by atoms with E-state index in [9.17, 15) is 4.39 Å². The smallest absolute Gasteiger partial charge is 0.126 e. The van der Waals surface area contributed by atoms with Gasteiger partial charge in [-0.05, 0) is 92.1 Å². The molecule has 4 heteroatoms. The summed E-state index contributed by atoms with van der Waals surface area (Å²) in [7, 11) is 0. The van der Waals surface area contributed by atoms with Gasteiger partial charge >= 0.3 is 0 Å². The Morgan fingerprint density at radius 3 is 2.76 bits per heavy atom. The SMILES string of the molecule is C=N.Cc1ccc(-c2cccc(CN3CC[C@@H]4NCCC[C@@H]43)c2C2CC2)cc1F.[HH]. The van der Waals surface area contributed by atoms with E-state index in [1.165, 1.54) is 61.9 Å². The number of nitrogens with zero attached hydrogens (tertiary/aromatic N) is 1. The van der Waals surface area contributed by atoms with Gasteiger partial charge in [0.25, 0.3) is 0 Å². The molecule has 5 rings (SSSR count). The Bertz CT molecular complexity index is 867. The average molecular weight is 396 g/mol. The summed E-state index contributed by atoms with van der Waals surface area (Å²) in [5.41, 5.74) is 5.93. The first-order valence-electron chi connectivity index (χ1n) is 10.9. The van der Waals surface area contributed by atoms with E-state index >= 15 is 0 Å². The van der Waals surface area contributed by atoms with Crippen LogP contribution < -0.4 is 5.32 Å². The van der Waals surface area contributed by atoms with E-state index in [-0.39, 0.29) is 7.24 Å². The number of likely N-dealkylation sites (tertiary alicyclic amines) is 1. The summed E-state index contributed by atoms with van der Waals surface area (Å²) < 4.78 is 14.2. The summed E-state index contributed by atoms with van der Waals surface area (Å²) >= 11 is 0. The second-order valence-corrected chi connectivity index (χ2v) is 8.65. The van der Waals surface area contributed by atoms with Crippen LogP contribution in [0.3, 0.4) is 0 Å². The second kappa shape index (κ2) is 8.76. The molecule has 0 unspecified atom stereocenters. The minimum Gasteiger partial charge on any atom is -0.317 e. The highest BCUT2D eigenvalue weighted by molar-refractivity contribution is 5.70. The highest BCUT2D eigenvalue weighted by Crippen LogP contribution is 2.47. The third-order valence-corrected chi connectivity index (χ3v) is 6.78. The van der Waals surface area contributed by atoms with Crippen molar-refractivity contribution in [2.24, 2.45) is 0 Å². The third kappa shape index (κ3) is 4.15. The first-order chi connectivity index (χ1) is 14.2. The molecule has 2 heterocycles. The molecule has 0 amide bonds. The van der Waals surface area contributed by atoms with Crippen LogP contribution in [0.5, 0.6) is 0 Å². The Labute approximate surface area is 175 Å². The van der Waals surface area contributed by atoms with Crippen LogP contribution in [0.1, 0.15) is 56.1 Å². The summed E-state index contributed by atoms with van der Waals surface area (Å²) in [6.07, 6.45) is 6.42. The standard InChI is InChI=1S/C24H29FN2.CH3N.H2/c1-16-7-8-18(14-21(16)25)20-5-2-4-19(24(20)17-9-10-17)15-27-13-11-22-23(27)6-3-12-26-22;1-2;/h2,4-5,7-8,14,17,22-23,26H,3,6,9-13,15H2,1H3;2H,1H2;1H/t22-,23-;;/m0../s1. The van der Waals surface area contributed by atoms with E-state index < -0.39 is 0 Å². The molecule has 2 N–H and O–H groups in total. The Balaban J connectivity index is 0.000000830. The largest absolute Gasteiger partial charge is 0.317 e. The zero-order chi connectivity index (χ0) is 20.4. The number of rotatable bonds is 4. The van der Waals surface area contributed by atoms with Crippen molar-refractivity contribution < 1.29 is 5.82 Å². The Kier molecular flexibility index (Phi) is 6.12. The number of benzene rings is 2. The molecule has 3 fully saturated rings. The van der Waals surface area contributed by atoms with Gasteiger partial charge in [-0.3, -0.25) is 4.90 Å². The summed E-state index contributed by atoms with van der Waals surface area (Å²) in [4.78, 5) is 2.69. The fourth-order valence-corrected chi connectivity index (χ4v) is 5.17. The molecule has 0 spiro atoms. The van der Waals surface area contributed by atoms with Crippen LogP contribution in [0, 0.1) is 18.2 Å². The molecule has 2 saturated heterocycles. The molecular formula is C25H34FN3. The molecule has 2 aromatic rings. The highest BCUT2D eigenvalue weighted by Gasteiger charge is 2.36. The number of nitrogens with one attached hydrogen (secondary N) is 2. The van der Waals surface area contributed by atoms with E-state index in [0.717, 1.165) is 17.7 Å². The van der Waals surface area contributed by atoms with Gasteiger partial charge in [0.15, 0.2) is 0 Å². The van der Waals surface area contributed by atoms with Crippen molar-refractivity contribution in [3.8, 4) is 11.1 Å². The maximum absolute atomic E-state index is 14.2. The Morgan fingerprint density at radius 2 is 2.00 bits per heavy atom. The number of aryl methyl sites for hydroxylation is 1. The number of piperidine rings is 1. The molecule has 2 aromatic carbocycles. The van der Waals surface area contributed by atoms with Gasteiger partial charge in [-0.25, -0.2) is 4.39 Å². The van der Waals surface area contributed by atoms with E-state index in [0.29, 0.717) is 18.0 Å². The molecule has 2 aliphatic heterocycles. The van der Waals surface area contributed by atoms with Crippen LogP contribution in [0.25, 0.3) is 11.1 Å². The summed E-state index contributed by atoms with van der Waals surface area (Å²) in [5, 5.41) is 9.21. The lowest BCUT2D eigenvalue weighted by Crippen LogP contribution is -2.46. The maximum Gasteiger partial charge on any atom is 0.126 e. The molecule has 156 valence electrons. The Hall–Kier alpha value is -2.04. The first kappa shape index (κ1) is 20.2. The van der Waals surface area contributed by atoms with Crippen molar-refractivity contribution in [3.63, 3.8) is 0 Å². The quantitative estimate of drug-likeness (QED) is 0.670. The summed E-state index contributed by atoms with van der Waals surface area (Å²) in [5.74, 6) is 0.554. The molecule has 0 aromatic heterocycles. The van der Waals surface area contributed by atoms with Crippen LogP contribution in [-0.4, -0.2) is 36.8 Å². The predicted molar refractivity (Wildman–Crippen MR) is 120 cm³/mol. The van der Waals surface area contributed by atoms with Gasteiger partial charge in [0.05, 0.1) is 0 Å². The van der Waals surface area contributed by atoms with Crippen LogP contribution in [-0.2, 0) is 6.54 Å². The number of hydrogen-bond acceptors (Lipinski definition) is 3. The lowest BCUT2D eigenvalue weighted by molar-refractivity contribution is 0.193. The zero-order valence-electron chi connectivity index (χ0n) is 17.4. The van der Waals surface area contributed by atoms with Crippen LogP contribution in [0.4, 0.5) is 4.39 Å². The van der Waals surface area contributed by atoms with Crippen molar-refractivity contribution in [1.29, 1.82) is 5.41 Å². The summed E-state index contributed by atoms with van der Waals surface area (Å²) in [6, 6.07) is 13.7. The van der Waals surface area contributed by atoms with E-state index in [1.807, 2.05) is 13.0 Å². The molecule has 1 aliphatic carbocycles. The molecular weight excluding hydrogens is 361 g/mol. The van der Waals surface area contributed by atoms with Gasteiger partial charge in [-0.2, -0.15) is 0 Å². The van der Waals surface area contributed by atoms with Gasteiger partial charge < -0.3 is 10.7 Å². The zero-order valence-corrected chi connectivity index (χ0v) is 17.4. The molecule has 0 bridgehead atoms. The van der Waals surface area contributed by atoms with Crippen molar-refractivity contribution in [2.45, 2.75) is 63.6 Å². The first-order valence-corrected chi connectivity index (χ1v) is 10.9. The second-order valence-electron chi connectivity index (χ2n) is 8.65. The monoisotopic (exact) mass is 395 g/mol. The molecule has 1 saturated carbocycles. The van der Waals surface area contributed by atoms with Crippen LogP contribution in [0.2, 0.25) is 0 Å². The highest BCUT2D eigenvalue weighted by atomic mass is 19.1. The van der Waals surface area contributed by atoms with Gasteiger partial charge in [0, 0.05) is 26.6 Å². The molecule has 2 atom stereocenters. The number of hydrogen-bond donors (Lipinski definition) is 2. The number of fused-ring (bicyclic) bond motifs is 1. The molecule has 3 nitrogen and oxygen atoms in total. The third-order valence-electron chi connectivity index (χ3n) is 6.78. The fraction of sp³-hybridized carbons (Fsp3) is 0.480. The van der Waals surface area contributed by atoms with Gasteiger partial charge in [0.1, 0.15) is 5.82 Å². The fourth-order valence-electron chi connectivity index (χ4n) is 5.17. The van der Waals surface area contributed by atoms with Crippen molar-refractivity contribution >= 4 is 6.72 Å². The van der Waals surface area contributed by atoms with Gasteiger partial charge in [-0.1, -0.05) is 30.3 Å². The minimum atomic E-state index is -0.102. The van der Waals surface area contributed by atoms with Crippen molar-refractivity contribution in [2.75, 3.05) is 13.1 Å². The molecule has 0 radical (unpaired) electrons. The average Bonchev–Trinajstić information content (AvgIpc) is 3.52. The lowest BCUT2D eigenvalue weighted by atomic mass is 9.91. The number of halogens is 1. The molecule has 3 aliphatic rings. The topological polar surface area (TPSA) is 39.1 Å². The van der Waals surface area contributed by atoms with Gasteiger partial charge in [-0.15, -0.1) is 0 Å². The van der Waals surface area contributed by atoms with Gasteiger partial charge in [0.2, 0.25) is 0 Å². The van der Waals surface area contributed by atoms with E-state index in [4.69, 9.17) is 5.41 Å². The normalized spacial score (nSPS) is 23.9. The van der Waals surface area contributed by atoms with Crippen LogP contribution in [0.15, 0.2) is 36.4 Å².